The number of nitrogens with one attached hydrogen (secondary N) is 1. The molecular weight excluding hydrogens is 246 g/mol. The smallest absolute Gasteiger partial charge is 0.135 e. The third-order valence-electron chi connectivity index (χ3n) is 2.37. The van der Waals surface area contributed by atoms with E-state index in [1.165, 1.54) is 0 Å². The summed E-state index contributed by atoms with van der Waals surface area (Å²) in [7, 11) is 0. The van der Waals surface area contributed by atoms with Gasteiger partial charge in [-0.3, -0.25) is 0 Å². The van der Waals surface area contributed by atoms with Gasteiger partial charge in [-0.2, -0.15) is 0 Å². The Kier molecular flexibility index (Phi) is 3.76. The van der Waals surface area contributed by atoms with Crippen LogP contribution in [-0.2, 0) is 6.54 Å². The van der Waals surface area contributed by atoms with Crippen LogP contribution in [0.4, 0.5) is 11.6 Å². The Labute approximate surface area is 111 Å². The van der Waals surface area contributed by atoms with Gasteiger partial charge in [0, 0.05) is 23.1 Å². The second kappa shape index (κ2) is 5.30. The molecule has 0 aromatic carbocycles. The van der Waals surface area contributed by atoms with E-state index in [0.717, 1.165) is 22.3 Å². The molecule has 0 saturated heterocycles. The van der Waals surface area contributed by atoms with Gasteiger partial charge >= 0.3 is 0 Å². The Morgan fingerprint density at radius 2 is 2.11 bits per heavy atom. The minimum Gasteiger partial charge on any atom is -0.384 e. The van der Waals surface area contributed by atoms with Crippen molar-refractivity contribution in [1.29, 1.82) is 0 Å². The second-order valence-corrected chi connectivity index (χ2v) is 5.37. The summed E-state index contributed by atoms with van der Waals surface area (Å²) in [4.78, 5) is 13.0. The molecule has 2 aromatic heterocycles. The summed E-state index contributed by atoms with van der Waals surface area (Å²) in [5.74, 6) is 2.26. The summed E-state index contributed by atoms with van der Waals surface area (Å²) in [5, 5.41) is 6.30. The summed E-state index contributed by atoms with van der Waals surface area (Å²) >= 11 is 1.64. The lowest BCUT2D eigenvalue weighted by atomic mass is 10.2. The van der Waals surface area contributed by atoms with Crippen molar-refractivity contribution < 1.29 is 0 Å². The van der Waals surface area contributed by atoms with Gasteiger partial charge < -0.3 is 11.1 Å². The van der Waals surface area contributed by atoms with E-state index < -0.39 is 0 Å². The number of nitrogens with two attached hydrogens (primary N) is 1. The minimum atomic E-state index is 0.260. The average molecular weight is 263 g/mol. The fraction of sp³-hybridized carbons (Fsp3) is 0.417. The molecule has 18 heavy (non-hydrogen) atoms. The molecule has 6 heteroatoms. The summed E-state index contributed by atoms with van der Waals surface area (Å²) in [6.45, 7) is 6.73. The van der Waals surface area contributed by atoms with E-state index in [2.05, 4.69) is 20.3 Å². The van der Waals surface area contributed by atoms with E-state index in [0.29, 0.717) is 12.4 Å². The predicted molar refractivity (Wildman–Crippen MR) is 74.7 cm³/mol. The fourth-order valence-electron chi connectivity index (χ4n) is 1.48. The molecule has 2 aromatic rings. The molecule has 0 atom stereocenters. The molecule has 0 fully saturated rings. The van der Waals surface area contributed by atoms with E-state index in [4.69, 9.17) is 5.73 Å². The number of nitrogen functional groups attached to an aromatic ring is 1. The van der Waals surface area contributed by atoms with Crippen LogP contribution in [0.2, 0.25) is 0 Å². The zero-order valence-corrected chi connectivity index (χ0v) is 11.6. The molecule has 96 valence electrons. The van der Waals surface area contributed by atoms with Crippen molar-refractivity contribution in [2.45, 2.75) is 33.2 Å². The Morgan fingerprint density at radius 1 is 1.33 bits per heavy atom. The Morgan fingerprint density at radius 3 is 2.72 bits per heavy atom. The highest BCUT2D eigenvalue weighted by Gasteiger charge is 2.07. The summed E-state index contributed by atoms with van der Waals surface area (Å²) in [6, 6.07) is 1.74. The minimum absolute atomic E-state index is 0.260. The number of hydrogen-bond donors (Lipinski definition) is 2. The molecule has 0 aliphatic carbocycles. The number of aryl methyl sites for hydroxylation is 1. The highest BCUT2D eigenvalue weighted by atomic mass is 32.1. The van der Waals surface area contributed by atoms with Gasteiger partial charge in [0.1, 0.15) is 22.5 Å². The van der Waals surface area contributed by atoms with Gasteiger partial charge in [-0.25, -0.2) is 15.0 Å². The zero-order chi connectivity index (χ0) is 13.1. The molecule has 0 aliphatic heterocycles. The van der Waals surface area contributed by atoms with Gasteiger partial charge in [0.15, 0.2) is 0 Å². The number of aromatic nitrogens is 3. The maximum atomic E-state index is 5.77. The Bertz CT molecular complexity index is 535. The van der Waals surface area contributed by atoms with Crippen LogP contribution >= 0.6 is 11.3 Å². The van der Waals surface area contributed by atoms with E-state index in [-0.39, 0.29) is 5.92 Å². The Hall–Kier alpha value is -1.69. The van der Waals surface area contributed by atoms with Gasteiger partial charge in [-0.1, -0.05) is 13.8 Å². The number of hydrogen-bond acceptors (Lipinski definition) is 6. The lowest BCUT2D eigenvalue weighted by Gasteiger charge is -2.09. The highest BCUT2D eigenvalue weighted by molar-refractivity contribution is 7.09. The first-order chi connectivity index (χ1) is 8.54. The van der Waals surface area contributed by atoms with Crippen molar-refractivity contribution in [1.82, 2.24) is 15.0 Å². The normalized spacial score (nSPS) is 10.9. The molecule has 0 unspecified atom stereocenters. The molecule has 0 saturated carbocycles. The molecule has 0 amide bonds. The van der Waals surface area contributed by atoms with Gasteiger partial charge in [-0.05, 0) is 6.92 Å². The summed E-state index contributed by atoms with van der Waals surface area (Å²) in [5.41, 5.74) is 6.81. The van der Waals surface area contributed by atoms with Gasteiger partial charge in [0.05, 0.1) is 6.54 Å². The molecular formula is C12H17N5S. The molecule has 0 aliphatic rings. The van der Waals surface area contributed by atoms with Gasteiger partial charge in [-0.15, -0.1) is 11.3 Å². The largest absolute Gasteiger partial charge is 0.384 e. The van der Waals surface area contributed by atoms with E-state index >= 15 is 0 Å². The molecule has 5 nitrogen and oxygen atoms in total. The lowest BCUT2D eigenvalue weighted by Crippen LogP contribution is -2.07. The van der Waals surface area contributed by atoms with Crippen molar-refractivity contribution in [3.63, 3.8) is 0 Å². The maximum absolute atomic E-state index is 5.77. The first kappa shape index (κ1) is 12.8. The third-order valence-corrected chi connectivity index (χ3v) is 3.33. The van der Waals surface area contributed by atoms with Crippen LogP contribution in [0.25, 0.3) is 0 Å². The molecule has 2 rings (SSSR count). The maximum Gasteiger partial charge on any atom is 0.135 e. The van der Waals surface area contributed by atoms with E-state index in [9.17, 15) is 0 Å². The number of anilines is 2. The van der Waals surface area contributed by atoms with Crippen molar-refractivity contribution in [3.8, 4) is 0 Å². The van der Waals surface area contributed by atoms with Gasteiger partial charge in [0.2, 0.25) is 0 Å². The third kappa shape index (κ3) is 3.16. The van der Waals surface area contributed by atoms with Crippen molar-refractivity contribution >= 4 is 23.0 Å². The Balaban J connectivity index is 2.09. The van der Waals surface area contributed by atoms with Crippen LogP contribution in [0.3, 0.4) is 0 Å². The second-order valence-electron chi connectivity index (χ2n) is 4.43. The predicted octanol–water partition coefficient (Wildman–Crippen LogP) is 2.56. The highest BCUT2D eigenvalue weighted by Crippen LogP contribution is 2.16. The number of rotatable bonds is 4. The van der Waals surface area contributed by atoms with Crippen LogP contribution in [0, 0.1) is 6.92 Å². The van der Waals surface area contributed by atoms with Crippen molar-refractivity contribution in [3.05, 3.63) is 28.0 Å². The first-order valence-electron chi connectivity index (χ1n) is 5.84. The number of nitrogens with zero attached hydrogens (tertiary/aromatic N) is 3. The molecule has 0 radical (unpaired) electrons. The van der Waals surface area contributed by atoms with Crippen LogP contribution in [0.15, 0.2) is 11.4 Å². The summed E-state index contributed by atoms with van der Waals surface area (Å²) in [6.07, 6.45) is 0. The summed E-state index contributed by atoms with van der Waals surface area (Å²) < 4.78 is 0. The van der Waals surface area contributed by atoms with Crippen LogP contribution in [-0.4, -0.2) is 15.0 Å². The van der Waals surface area contributed by atoms with Crippen LogP contribution < -0.4 is 11.1 Å². The van der Waals surface area contributed by atoms with Crippen molar-refractivity contribution in [2.75, 3.05) is 11.1 Å². The zero-order valence-electron chi connectivity index (χ0n) is 10.8. The molecule has 3 N–H and O–H groups in total. The van der Waals surface area contributed by atoms with E-state index in [1.807, 2.05) is 26.2 Å². The molecule has 0 spiro atoms. The SMILES string of the molecule is Cc1csc(CNc2cc(N)nc(C(C)C)n2)n1. The van der Waals surface area contributed by atoms with Crippen LogP contribution in [0.1, 0.15) is 36.3 Å². The fourth-order valence-corrected chi connectivity index (χ4v) is 2.20. The monoisotopic (exact) mass is 263 g/mol. The van der Waals surface area contributed by atoms with Crippen molar-refractivity contribution in [2.24, 2.45) is 0 Å². The molecule has 2 heterocycles. The number of thiazole rings is 1. The quantitative estimate of drug-likeness (QED) is 0.886. The van der Waals surface area contributed by atoms with Crippen LogP contribution in [0.5, 0.6) is 0 Å². The van der Waals surface area contributed by atoms with E-state index in [1.54, 1.807) is 17.4 Å². The topological polar surface area (TPSA) is 76.7 Å². The van der Waals surface area contributed by atoms with Gasteiger partial charge in [0.25, 0.3) is 0 Å². The first-order valence-corrected chi connectivity index (χ1v) is 6.72. The standard InChI is InChI=1S/C12H17N5S/c1-7(2)12-16-9(13)4-10(17-12)14-5-11-15-8(3)6-18-11/h4,6-7H,5H2,1-3H3,(H3,13,14,16,17). The average Bonchev–Trinajstić information content (AvgIpc) is 2.72. The molecule has 0 bridgehead atoms. The lowest BCUT2D eigenvalue weighted by molar-refractivity contribution is 0.777.